The van der Waals surface area contributed by atoms with Crippen LogP contribution in [0, 0.1) is 18.2 Å². The van der Waals surface area contributed by atoms with Crippen LogP contribution in [0.25, 0.3) is 10.2 Å². The number of likely N-dealkylation sites (N-methyl/N-ethyl adjacent to an activating group) is 1. The van der Waals surface area contributed by atoms with Crippen molar-refractivity contribution in [2.45, 2.75) is 53.1 Å². The molecule has 1 aromatic carbocycles. The average molecular weight is 591 g/mol. The fraction of sp³-hybridized carbons (Fsp3) is 0.407. The number of aromatic nitrogens is 2. The minimum absolute atomic E-state index is 0.101. The quantitative estimate of drug-likeness (QED) is 0.186. The highest BCUT2D eigenvalue weighted by Gasteiger charge is 2.35. The molecule has 0 saturated carbocycles. The average Bonchev–Trinajstić information content (AvgIpc) is 3.25. The zero-order valence-corrected chi connectivity index (χ0v) is 24.9. The molecule has 3 N–H and O–H groups in total. The lowest BCUT2D eigenvalue weighted by Gasteiger charge is -2.26. The van der Waals surface area contributed by atoms with Crippen molar-refractivity contribution in [3.05, 3.63) is 56.0 Å². The summed E-state index contributed by atoms with van der Waals surface area (Å²) in [5, 5.41) is 14.5. The van der Waals surface area contributed by atoms with Crippen LogP contribution in [0.1, 0.15) is 38.8 Å². The Kier molecular flexibility index (Phi) is 11.5. The molecule has 222 valence electrons. The van der Waals surface area contributed by atoms with Gasteiger partial charge in [-0.1, -0.05) is 11.3 Å². The Balaban J connectivity index is 0.00000108. The van der Waals surface area contributed by atoms with E-state index in [2.05, 4.69) is 20.6 Å². The Morgan fingerprint density at radius 1 is 1.24 bits per heavy atom. The van der Waals surface area contributed by atoms with Crippen LogP contribution >= 0.6 is 11.3 Å². The van der Waals surface area contributed by atoms with Crippen molar-refractivity contribution >= 4 is 50.9 Å². The van der Waals surface area contributed by atoms with Crippen LogP contribution in [0.3, 0.4) is 0 Å². The smallest absolute Gasteiger partial charge is 0.333 e. The number of nitrogens with one attached hydrogen (secondary N) is 3. The number of methoxy groups -OCH3 is 2. The van der Waals surface area contributed by atoms with E-state index in [1.54, 1.807) is 13.8 Å². The zero-order chi connectivity index (χ0) is 30.9. The number of hydrogen-bond donors (Lipinski definition) is 3. The summed E-state index contributed by atoms with van der Waals surface area (Å²) in [4.78, 5) is 50.2. The second-order valence-electron chi connectivity index (χ2n) is 9.19. The Bertz CT molecular complexity index is 1570. The van der Waals surface area contributed by atoms with Crippen LogP contribution in [0.4, 0.5) is 9.39 Å². The lowest BCUT2D eigenvalue weighted by atomic mass is 10.0. The molecule has 0 fully saturated rings. The van der Waals surface area contributed by atoms with Crippen LogP contribution in [0.15, 0.2) is 32.9 Å². The number of benzene rings is 1. The number of ether oxygens (including phenoxy) is 2. The molecule has 0 saturated heterocycles. The summed E-state index contributed by atoms with van der Waals surface area (Å²) in [5.74, 6) is -0.677. The monoisotopic (exact) mass is 590 g/mol. The van der Waals surface area contributed by atoms with Crippen LogP contribution in [-0.2, 0) is 32.8 Å². The molecule has 12 nitrogen and oxygen atoms in total. The van der Waals surface area contributed by atoms with Gasteiger partial charge >= 0.3 is 11.7 Å². The van der Waals surface area contributed by atoms with Gasteiger partial charge < -0.3 is 20.2 Å². The van der Waals surface area contributed by atoms with Gasteiger partial charge in [0.15, 0.2) is 0 Å². The van der Waals surface area contributed by atoms with Gasteiger partial charge in [-0.25, -0.2) is 13.8 Å². The zero-order valence-electron chi connectivity index (χ0n) is 24.1. The molecule has 0 aliphatic rings. The summed E-state index contributed by atoms with van der Waals surface area (Å²) < 4.78 is 25.8. The van der Waals surface area contributed by atoms with E-state index in [1.807, 2.05) is 0 Å². The number of hydrazone groups is 1. The molecule has 0 aliphatic carbocycles. The number of rotatable bonds is 10. The predicted octanol–water partition coefficient (Wildman–Crippen LogP) is 3.02. The first kappa shape index (κ1) is 32.9. The van der Waals surface area contributed by atoms with Gasteiger partial charge in [0.25, 0.3) is 5.56 Å². The molecule has 3 rings (SSSR count). The number of carbonyl (C=O) groups excluding carboxylic acids is 2. The first-order valence-corrected chi connectivity index (χ1v) is 13.4. The maximum atomic E-state index is 13.9. The second-order valence-corrected chi connectivity index (χ2v) is 10.2. The third kappa shape index (κ3) is 7.45. The highest BCUT2D eigenvalue weighted by molar-refractivity contribution is 7.22. The fourth-order valence-corrected chi connectivity index (χ4v) is 5.10. The normalized spacial score (nSPS) is 11.1. The molecule has 0 aliphatic heterocycles. The van der Waals surface area contributed by atoms with Crippen molar-refractivity contribution < 1.29 is 23.5 Å². The number of halogens is 1. The summed E-state index contributed by atoms with van der Waals surface area (Å²) in [6, 6.07) is 4.15. The summed E-state index contributed by atoms with van der Waals surface area (Å²) >= 11 is 1.16. The highest BCUT2D eigenvalue weighted by Crippen LogP contribution is 2.33. The van der Waals surface area contributed by atoms with Crippen LogP contribution in [0.5, 0.6) is 5.75 Å². The molecular weight excluding hydrogens is 555 g/mol. The third-order valence-electron chi connectivity index (χ3n) is 6.11. The fourth-order valence-electron chi connectivity index (χ4n) is 3.93. The minimum Gasteiger partial charge on any atom is -0.496 e. The number of aryl methyl sites for hydroxylation is 3. The molecule has 0 unspecified atom stereocenters. The predicted molar refractivity (Wildman–Crippen MR) is 158 cm³/mol. The number of nitrogens with zero attached hydrogens (tertiary/aromatic N) is 3. The summed E-state index contributed by atoms with van der Waals surface area (Å²) in [5.41, 5.74) is 1.19. The van der Waals surface area contributed by atoms with Crippen LogP contribution < -0.4 is 26.7 Å². The summed E-state index contributed by atoms with van der Waals surface area (Å²) in [6.45, 7) is 8.30. The molecule has 14 heteroatoms. The maximum Gasteiger partial charge on any atom is 0.333 e. The topological polar surface area (TPSA) is 157 Å². The molecule has 0 radical (unpaired) electrons. The molecule has 41 heavy (non-hydrogen) atoms. The van der Waals surface area contributed by atoms with Gasteiger partial charge in [0, 0.05) is 31.8 Å². The van der Waals surface area contributed by atoms with Crippen LogP contribution in [0.2, 0.25) is 0 Å². The van der Waals surface area contributed by atoms with E-state index in [0.29, 0.717) is 33.3 Å². The molecule has 3 aromatic rings. The van der Waals surface area contributed by atoms with Gasteiger partial charge in [0.2, 0.25) is 5.91 Å². The van der Waals surface area contributed by atoms with E-state index >= 15 is 0 Å². The molecular formula is C27H35FN6O6S. The molecule has 1 amide bonds. The summed E-state index contributed by atoms with van der Waals surface area (Å²) in [6.07, 6.45) is 2.48. The van der Waals surface area contributed by atoms with Crippen molar-refractivity contribution in [1.29, 1.82) is 5.41 Å². The van der Waals surface area contributed by atoms with E-state index < -0.39 is 28.5 Å². The number of thiophene rings is 1. The van der Waals surface area contributed by atoms with Gasteiger partial charge in [-0.05, 0) is 57.9 Å². The first-order chi connectivity index (χ1) is 19.3. The molecule has 0 bridgehead atoms. The molecule has 0 spiro atoms. The standard InChI is InChI=1S/C24H29FN6O4S.C3H6O2/c1-6-27-22(33)24(3,4)31-20(32)18-14(2)19(29-28-11-10-26)36-21(18)30(23(31)34)12-9-15-13-16(25)7-8-17(15)35-5;1-3(4)5-2/h7-8,10-11,13,26,29H,6,9,12H2,1-5H3,(H,27,33);1-2H3/b26-10?,28-11-;. The van der Waals surface area contributed by atoms with Gasteiger partial charge in [-0.2, -0.15) is 5.10 Å². The Labute approximate surface area is 240 Å². The number of amides is 1. The van der Waals surface area contributed by atoms with E-state index in [9.17, 15) is 23.6 Å². The van der Waals surface area contributed by atoms with Gasteiger partial charge in [0.05, 0.1) is 25.8 Å². The SMILES string of the molecule is CCNC(=O)C(C)(C)n1c(=O)c2c(C)c(N/N=C\C=N)sc2n(CCc2cc(F)ccc2OC)c1=O.COC(C)=O. The lowest BCUT2D eigenvalue weighted by Crippen LogP contribution is -2.55. The van der Waals surface area contributed by atoms with Crippen molar-refractivity contribution in [2.24, 2.45) is 5.10 Å². The van der Waals surface area contributed by atoms with E-state index in [-0.39, 0.29) is 24.3 Å². The first-order valence-electron chi connectivity index (χ1n) is 12.6. The van der Waals surface area contributed by atoms with E-state index in [1.165, 1.54) is 64.0 Å². The van der Waals surface area contributed by atoms with Gasteiger partial charge in [-0.3, -0.25) is 24.4 Å². The highest BCUT2D eigenvalue weighted by atomic mass is 32.1. The number of carbonyl (C=O) groups is 2. The van der Waals surface area contributed by atoms with Gasteiger partial charge in [0.1, 0.15) is 26.9 Å². The molecule has 2 aromatic heterocycles. The summed E-state index contributed by atoms with van der Waals surface area (Å²) in [7, 11) is 2.83. The van der Waals surface area contributed by atoms with Gasteiger partial charge in [-0.15, -0.1) is 0 Å². The van der Waals surface area contributed by atoms with Crippen LogP contribution in [-0.4, -0.2) is 54.2 Å². The number of hydrogen-bond acceptors (Lipinski definition) is 10. The van der Waals surface area contributed by atoms with Crippen molar-refractivity contribution in [3.8, 4) is 5.75 Å². The van der Waals surface area contributed by atoms with Crippen molar-refractivity contribution in [1.82, 2.24) is 14.5 Å². The Morgan fingerprint density at radius 3 is 2.46 bits per heavy atom. The number of fused-ring (bicyclic) bond motifs is 1. The Morgan fingerprint density at radius 2 is 1.90 bits per heavy atom. The second kappa shape index (κ2) is 14.3. The largest absolute Gasteiger partial charge is 0.496 e. The minimum atomic E-state index is -1.48. The number of esters is 1. The number of anilines is 1. The Hall–Kier alpha value is -4.33. The van der Waals surface area contributed by atoms with E-state index in [0.717, 1.165) is 22.1 Å². The molecule has 2 heterocycles. The van der Waals surface area contributed by atoms with Crippen molar-refractivity contribution in [3.63, 3.8) is 0 Å². The molecule has 0 atom stereocenters. The van der Waals surface area contributed by atoms with Crippen molar-refractivity contribution in [2.75, 3.05) is 26.2 Å². The lowest BCUT2D eigenvalue weighted by molar-refractivity contribution is -0.138. The maximum absolute atomic E-state index is 13.9. The van der Waals surface area contributed by atoms with E-state index in [4.69, 9.17) is 10.1 Å². The third-order valence-corrected chi connectivity index (χ3v) is 7.33.